The third-order valence-corrected chi connectivity index (χ3v) is 5.49. The van der Waals surface area contributed by atoms with E-state index < -0.39 is 5.60 Å². The number of aryl methyl sites for hydroxylation is 1. The van der Waals surface area contributed by atoms with E-state index in [-0.39, 0.29) is 6.09 Å². The molecule has 0 saturated carbocycles. The zero-order chi connectivity index (χ0) is 16.6. The van der Waals surface area contributed by atoms with Gasteiger partial charge in [0.1, 0.15) is 5.60 Å². The Morgan fingerprint density at radius 1 is 1.26 bits per heavy atom. The molecule has 2 heterocycles. The van der Waals surface area contributed by atoms with Gasteiger partial charge in [-0.1, -0.05) is 6.07 Å². The lowest BCUT2D eigenvalue weighted by atomic mass is 9.89. The van der Waals surface area contributed by atoms with E-state index in [1.807, 2.05) is 37.0 Å². The molecule has 0 aliphatic carbocycles. The van der Waals surface area contributed by atoms with Gasteiger partial charge in [-0.2, -0.15) is 0 Å². The first-order valence-corrected chi connectivity index (χ1v) is 9.17. The van der Waals surface area contributed by atoms with Crippen molar-refractivity contribution < 1.29 is 9.53 Å². The van der Waals surface area contributed by atoms with E-state index >= 15 is 0 Å². The summed E-state index contributed by atoms with van der Waals surface area (Å²) in [6.07, 6.45) is 1.84. The molecule has 0 unspecified atom stereocenters. The average Bonchev–Trinajstić information content (AvgIpc) is 2.87. The molecule has 23 heavy (non-hydrogen) atoms. The summed E-state index contributed by atoms with van der Waals surface area (Å²) in [7, 11) is 0. The number of amides is 1. The molecule has 0 radical (unpaired) electrons. The summed E-state index contributed by atoms with van der Waals surface area (Å²) in [5, 5.41) is 3.60. The van der Waals surface area contributed by atoms with Crippen LogP contribution in [0.25, 0.3) is 10.1 Å². The fourth-order valence-electron chi connectivity index (χ4n) is 3.15. The highest BCUT2D eigenvalue weighted by Crippen LogP contribution is 2.33. The van der Waals surface area contributed by atoms with Crippen LogP contribution in [0.2, 0.25) is 0 Å². The number of thiophene rings is 1. The molecule has 1 aliphatic heterocycles. The van der Waals surface area contributed by atoms with E-state index in [0.29, 0.717) is 5.92 Å². The van der Waals surface area contributed by atoms with Crippen LogP contribution in [0.1, 0.15) is 50.7 Å². The fraction of sp³-hybridized carbons (Fsp3) is 0.526. The number of rotatable bonds is 1. The van der Waals surface area contributed by atoms with E-state index in [2.05, 4.69) is 30.5 Å². The number of piperidine rings is 1. The highest BCUT2D eigenvalue weighted by atomic mass is 32.1. The summed E-state index contributed by atoms with van der Waals surface area (Å²) < 4.78 is 6.83. The van der Waals surface area contributed by atoms with Gasteiger partial charge in [0.05, 0.1) is 0 Å². The predicted molar refractivity (Wildman–Crippen MR) is 96.3 cm³/mol. The van der Waals surface area contributed by atoms with Crippen LogP contribution in [0.5, 0.6) is 0 Å². The minimum atomic E-state index is -0.421. The number of carbonyl (C=O) groups is 1. The van der Waals surface area contributed by atoms with Gasteiger partial charge < -0.3 is 9.64 Å². The average molecular weight is 331 g/mol. The third-order valence-electron chi connectivity index (χ3n) is 4.41. The summed E-state index contributed by atoms with van der Waals surface area (Å²) in [5.41, 5.74) is 2.34. The predicted octanol–water partition coefficient (Wildman–Crippen LogP) is 5.32. The van der Waals surface area contributed by atoms with Crippen molar-refractivity contribution >= 4 is 27.5 Å². The van der Waals surface area contributed by atoms with E-state index in [9.17, 15) is 4.79 Å². The molecule has 3 nitrogen and oxygen atoms in total. The Bertz CT molecular complexity index is 706. The molecule has 1 aromatic heterocycles. The van der Waals surface area contributed by atoms with Gasteiger partial charge in [0.25, 0.3) is 0 Å². The number of hydrogen-bond acceptors (Lipinski definition) is 3. The molecule has 0 N–H and O–H groups in total. The topological polar surface area (TPSA) is 29.5 Å². The molecule has 1 amide bonds. The molecule has 1 aliphatic rings. The standard InChI is InChI=1S/C19H25NO2S/c1-13-12-23-17-6-5-15(11-16(13)17)14-7-9-20(10-8-14)18(21)22-19(2,3)4/h5-6,11-12,14H,7-10H2,1-4H3. The first kappa shape index (κ1) is 16.3. The normalized spacial score (nSPS) is 16.8. The number of fused-ring (bicyclic) bond motifs is 1. The second-order valence-corrected chi connectivity index (χ2v) is 8.33. The quantitative estimate of drug-likeness (QED) is 0.707. The van der Waals surface area contributed by atoms with Gasteiger partial charge in [0, 0.05) is 17.8 Å². The number of carbonyl (C=O) groups excluding carboxylic acids is 1. The maximum atomic E-state index is 12.1. The van der Waals surface area contributed by atoms with Crippen LogP contribution in [-0.4, -0.2) is 29.7 Å². The maximum absolute atomic E-state index is 12.1. The first-order chi connectivity index (χ1) is 10.8. The maximum Gasteiger partial charge on any atom is 0.410 e. The molecule has 0 atom stereocenters. The second kappa shape index (κ2) is 6.16. The molecule has 0 spiro atoms. The monoisotopic (exact) mass is 331 g/mol. The van der Waals surface area contributed by atoms with E-state index in [1.165, 1.54) is 21.2 Å². The van der Waals surface area contributed by atoms with E-state index in [4.69, 9.17) is 4.74 Å². The van der Waals surface area contributed by atoms with E-state index in [0.717, 1.165) is 25.9 Å². The van der Waals surface area contributed by atoms with Crippen molar-refractivity contribution in [3.05, 3.63) is 34.7 Å². The van der Waals surface area contributed by atoms with Crippen molar-refractivity contribution in [2.45, 2.75) is 52.1 Å². The molecule has 124 valence electrons. The Balaban J connectivity index is 1.66. The van der Waals surface area contributed by atoms with Crippen LogP contribution in [0.15, 0.2) is 23.6 Å². The molecule has 2 aromatic rings. The van der Waals surface area contributed by atoms with Crippen molar-refractivity contribution in [2.75, 3.05) is 13.1 Å². The van der Waals surface area contributed by atoms with Gasteiger partial charge in [-0.15, -0.1) is 11.3 Å². The molecular weight excluding hydrogens is 306 g/mol. The molecule has 1 saturated heterocycles. The SMILES string of the molecule is Cc1csc2ccc(C3CCN(C(=O)OC(C)(C)C)CC3)cc12. The lowest BCUT2D eigenvalue weighted by Gasteiger charge is -2.33. The van der Waals surface area contributed by atoms with Gasteiger partial charge in [0.15, 0.2) is 0 Å². The zero-order valence-corrected chi connectivity index (χ0v) is 15.2. The molecular formula is C19H25NO2S. The highest BCUT2D eigenvalue weighted by Gasteiger charge is 2.27. The number of ether oxygens (including phenoxy) is 1. The Morgan fingerprint density at radius 2 is 1.96 bits per heavy atom. The van der Waals surface area contributed by atoms with Crippen molar-refractivity contribution in [2.24, 2.45) is 0 Å². The van der Waals surface area contributed by atoms with Crippen molar-refractivity contribution in [3.63, 3.8) is 0 Å². The Hall–Kier alpha value is -1.55. The Labute approximate surface area is 142 Å². The smallest absolute Gasteiger partial charge is 0.410 e. The minimum Gasteiger partial charge on any atom is -0.444 e. The molecule has 1 fully saturated rings. The lowest BCUT2D eigenvalue weighted by molar-refractivity contribution is 0.0205. The van der Waals surface area contributed by atoms with Crippen LogP contribution in [-0.2, 0) is 4.74 Å². The van der Waals surface area contributed by atoms with Crippen LogP contribution < -0.4 is 0 Å². The highest BCUT2D eigenvalue weighted by molar-refractivity contribution is 7.17. The number of hydrogen-bond donors (Lipinski definition) is 0. The minimum absolute atomic E-state index is 0.180. The number of nitrogens with zero attached hydrogens (tertiary/aromatic N) is 1. The number of likely N-dealkylation sites (tertiary alicyclic amines) is 1. The summed E-state index contributed by atoms with van der Waals surface area (Å²) in [6.45, 7) is 9.47. The lowest BCUT2D eigenvalue weighted by Crippen LogP contribution is -2.41. The fourth-order valence-corrected chi connectivity index (χ4v) is 4.07. The summed E-state index contributed by atoms with van der Waals surface area (Å²) in [4.78, 5) is 14.0. The van der Waals surface area contributed by atoms with Crippen molar-refractivity contribution in [1.82, 2.24) is 4.90 Å². The molecule has 3 rings (SSSR count). The molecule has 4 heteroatoms. The van der Waals surface area contributed by atoms with Crippen LogP contribution in [0.3, 0.4) is 0 Å². The first-order valence-electron chi connectivity index (χ1n) is 8.29. The Morgan fingerprint density at radius 3 is 2.61 bits per heavy atom. The Kier molecular flexibility index (Phi) is 4.37. The van der Waals surface area contributed by atoms with Crippen LogP contribution in [0.4, 0.5) is 4.79 Å². The second-order valence-electron chi connectivity index (χ2n) is 7.42. The van der Waals surface area contributed by atoms with Gasteiger partial charge in [-0.25, -0.2) is 4.79 Å². The van der Waals surface area contributed by atoms with Gasteiger partial charge in [-0.05, 0) is 80.5 Å². The van der Waals surface area contributed by atoms with Crippen LogP contribution in [0, 0.1) is 6.92 Å². The third kappa shape index (κ3) is 3.69. The zero-order valence-electron chi connectivity index (χ0n) is 14.4. The summed E-state index contributed by atoms with van der Waals surface area (Å²) >= 11 is 1.81. The largest absolute Gasteiger partial charge is 0.444 e. The molecule has 1 aromatic carbocycles. The van der Waals surface area contributed by atoms with Gasteiger partial charge in [0.2, 0.25) is 0 Å². The molecule has 0 bridgehead atoms. The van der Waals surface area contributed by atoms with Crippen molar-refractivity contribution in [1.29, 1.82) is 0 Å². The van der Waals surface area contributed by atoms with E-state index in [1.54, 1.807) is 0 Å². The number of benzene rings is 1. The van der Waals surface area contributed by atoms with Crippen molar-refractivity contribution in [3.8, 4) is 0 Å². The summed E-state index contributed by atoms with van der Waals surface area (Å²) in [6, 6.07) is 6.84. The summed E-state index contributed by atoms with van der Waals surface area (Å²) in [5.74, 6) is 0.539. The van der Waals surface area contributed by atoms with Gasteiger partial charge >= 0.3 is 6.09 Å². The van der Waals surface area contributed by atoms with Gasteiger partial charge in [-0.3, -0.25) is 0 Å². The van der Waals surface area contributed by atoms with Crippen LogP contribution >= 0.6 is 11.3 Å².